The third kappa shape index (κ3) is 4.73. The number of carbonyl (C=O) groups is 1. The van der Waals surface area contributed by atoms with Crippen molar-refractivity contribution < 1.29 is 17.6 Å². The highest BCUT2D eigenvalue weighted by Gasteiger charge is 2.29. The number of nitrogens with one attached hydrogen (secondary N) is 1. The average molecular weight is 461 g/mol. The number of anilines is 2. The fourth-order valence-corrected chi connectivity index (χ4v) is 5.85. The number of hydrogen-bond donors (Lipinski definition) is 1. The van der Waals surface area contributed by atoms with Gasteiger partial charge in [-0.1, -0.05) is 6.07 Å². The quantitative estimate of drug-likeness (QED) is 0.743. The predicted octanol–water partition coefficient (Wildman–Crippen LogP) is 2.61. The van der Waals surface area contributed by atoms with Crippen LogP contribution >= 0.6 is 0 Å². The zero-order valence-electron chi connectivity index (χ0n) is 18.4. The topological polar surface area (TPSA) is 73.0 Å². The molecule has 2 heterocycles. The summed E-state index contributed by atoms with van der Waals surface area (Å²) in [5.74, 6) is -0.556. The molecule has 1 N–H and O–H groups in total. The van der Waals surface area contributed by atoms with Gasteiger partial charge in [-0.15, -0.1) is 0 Å². The van der Waals surface area contributed by atoms with Crippen LogP contribution < -0.4 is 14.5 Å². The Balaban J connectivity index is 1.53. The predicted molar refractivity (Wildman–Crippen MR) is 124 cm³/mol. The van der Waals surface area contributed by atoms with Crippen LogP contribution in [0.3, 0.4) is 0 Å². The maximum atomic E-state index is 14.1. The third-order valence-electron chi connectivity index (χ3n) is 6.14. The summed E-state index contributed by atoms with van der Waals surface area (Å²) in [6.45, 7) is 5.76. The molecule has 0 aromatic heterocycles. The SMILES string of the molecule is CC(NC(=O)c1cccc(N2CCCS2(=O)=O)c1)c1cc(F)ccc1N1CCN(C)CC1. The highest BCUT2D eigenvalue weighted by molar-refractivity contribution is 7.93. The number of rotatable bonds is 5. The first-order valence-electron chi connectivity index (χ1n) is 10.9. The van der Waals surface area contributed by atoms with Crippen LogP contribution in [0, 0.1) is 5.82 Å². The zero-order valence-corrected chi connectivity index (χ0v) is 19.2. The minimum atomic E-state index is -3.32. The summed E-state index contributed by atoms with van der Waals surface area (Å²) in [5.41, 5.74) is 2.51. The Morgan fingerprint density at radius 2 is 1.81 bits per heavy atom. The Kier molecular flexibility index (Phi) is 6.39. The highest BCUT2D eigenvalue weighted by atomic mass is 32.2. The first-order valence-corrected chi connectivity index (χ1v) is 12.5. The first-order chi connectivity index (χ1) is 15.2. The second-order valence-corrected chi connectivity index (χ2v) is 10.5. The fourth-order valence-electron chi connectivity index (χ4n) is 4.30. The maximum absolute atomic E-state index is 14.1. The lowest BCUT2D eigenvalue weighted by Crippen LogP contribution is -2.45. The Morgan fingerprint density at radius 1 is 1.06 bits per heavy atom. The Morgan fingerprint density at radius 3 is 2.50 bits per heavy atom. The van der Waals surface area contributed by atoms with E-state index in [0.717, 1.165) is 37.4 Å². The van der Waals surface area contributed by atoms with Gasteiger partial charge in [0.1, 0.15) is 5.82 Å². The van der Waals surface area contributed by atoms with E-state index in [2.05, 4.69) is 22.2 Å². The van der Waals surface area contributed by atoms with Crippen molar-refractivity contribution in [2.24, 2.45) is 0 Å². The van der Waals surface area contributed by atoms with Gasteiger partial charge in [-0.05, 0) is 56.8 Å². The molecule has 2 aliphatic rings. The van der Waals surface area contributed by atoms with Gasteiger partial charge >= 0.3 is 0 Å². The summed E-state index contributed by atoms with van der Waals surface area (Å²) in [6.07, 6.45) is 0.574. The van der Waals surface area contributed by atoms with Crippen LogP contribution in [0.15, 0.2) is 42.5 Å². The average Bonchev–Trinajstić information content (AvgIpc) is 3.13. The summed E-state index contributed by atoms with van der Waals surface area (Å²) in [6, 6.07) is 10.9. The van der Waals surface area contributed by atoms with Crippen LogP contribution in [-0.2, 0) is 10.0 Å². The Hall–Kier alpha value is -2.65. The summed E-state index contributed by atoms with van der Waals surface area (Å²) < 4.78 is 39.9. The zero-order chi connectivity index (χ0) is 22.9. The fraction of sp³-hybridized carbons (Fsp3) is 0.435. The van der Waals surface area contributed by atoms with E-state index in [1.165, 1.54) is 16.4 Å². The van der Waals surface area contributed by atoms with E-state index in [-0.39, 0.29) is 17.5 Å². The summed E-state index contributed by atoms with van der Waals surface area (Å²) in [7, 11) is -1.25. The standard InChI is InChI=1S/C23H29FN4O3S/c1-17(21-16-19(24)7-8-22(21)27-12-10-26(2)11-13-27)25-23(29)18-5-3-6-20(15-18)28-9-4-14-32(28,30)31/h3,5-8,15-17H,4,9-14H2,1-2H3,(H,25,29). The van der Waals surface area contributed by atoms with E-state index in [9.17, 15) is 17.6 Å². The molecule has 4 rings (SSSR count). The van der Waals surface area contributed by atoms with Crippen molar-refractivity contribution in [2.45, 2.75) is 19.4 Å². The molecule has 1 unspecified atom stereocenters. The third-order valence-corrected chi connectivity index (χ3v) is 8.01. The smallest absolute Gasteiger partial charge is 0.251 e. The van der Waals surface area contributed by atoms with Crippen LogP contribution in [-0.4, -0.2) is 64.7 Å². The maximum Gasteiger partial charge on any atom is 0.251 e. The number of likely N-dealkylation sites (N-methyl/N-ethyl adjacent to an activating group) is 1. The van der Waals surface area contributed by atoms with Gasteiger partial charge in [0.25, 0.3) is 5.91 Å². The molecule has 32 heavy (non-hydrogen) atoms. The van der Waals surface area contributed by atoms with Crippen LogP contribution in [0.25, 0.3) is 0 Å². The molecule has 0 aliphatic carbocycles. The van der Waals surface area contributed by atoms with Crippen molar-refractivity contribution in [1.82, 2.24) is 10.2 Å². The molecule has 1 amide bonds. The summed E-state index contributed by atoms with van der Waals surface area (Å²) in [5, 5.41) is 2.96. The van der Waals surface area contributed by atoms with Crippen molar-refractivity contribution in [1.29, 1.82) is 0 Å². The molecule has 0 saturated carbocycles. The lowest BCUT2D eigenvalue weighted by molar-refractivity contribution is 0.0940. The second kappa shape index (κ2) is 9.07. The second-order valence-electron chi connectivity index (χ2n) is 8.48. The van der Waals surface area contributed by atoms with E-state index in [1.54, 1.807) is 30.3 Å². The van der Waals surface area contributed by atoms with Gasteiger partial charge < -0.3 is 15.1 Å². The van der Waals surface area contributed by atoms with Crippen LogP contribution in [0.4, 0.5) is 15.8 Å². The normalized spacial score (nSPS) is 19.7. The molecular weight excluding hydrogens is 431 g/mol. The van der Waals surface area contributed by atoms with E-state index in [0.29, 0.717) is 24.2 Å². The van der Waals surface area contributed by atoms with Crippen molar-refractivity contribution in [3.63, 3.8) is 0 Å². The number of hydrogen-bond acceptors (Lipinski definition) is 5. The molecule has 9 heteroatoms. The highest BCUT2D eigenvalue weighted by Crippen LogP contribution is 2.29. The Bertz CT molecular complexity index is 1100. The van der Waals surface area contributed by atoms with Gasteiger partial charge in [0.05, 0.1) is 17.5 Å². The van der Waals surface area contributed by atoms with Gasteiger partial charge in [0.15, 0.2) is 0 Å². The number of carbonyl (C=O) groups excluding carboxylic acids is 1. The summed E-state index contributed by atoms with van der Waals surface area (Å²) >= 11 is 0. The monoisotopic (exact) mass is 460 g/mol. The summed E-state index contributed by atoms with van der Waals surface area (Å²) in [4.78, 5) is 17.4. The van der Waals surface area contributed by atoms with Crippen LogP contribution in [0.2, 0.25) is 0 Å². The molecule has 0 radical (unpaired) electrons. The number of piperazine rings is 1. The molecular formula is C23H29FN4O3S. The molecule has 0 spiro atoms. The van der Waals surface area contributed by atoms with Gasteiger partial charge in [-0.2, -0.15) is 0 Å². The van der Waals surface area contributed by atoms with Crippen molar-refractivity contribution in [3.8, 4) is 0 Å². The molecule has 172 valence electrons. The molecule has 0 bridgehead atoms. The van der Waals surface area contributed by atoms with Gasteiger partial charge in [0, 0.05) is 49.5 Å². The molecule has 2 aromatic rings. The van der Waals surface area contributed by atoms with E-state index in [1.807, 2.05) is 6.92 Å². The molecule has 2 aliphatic heterocycles. The number of sulfonamides is 1. The van der Waals surface area contributed by atoms with E-state index >= 15 is 0 Å². The molecule has 7 nitrogen and oxygen atoms in total. The van der Waals surface area contributed by atoms with Gasteiger partial charge in [-0.25, -0.2) is 12.8 Å². The number of nitrogens with zero attached hydrogens (tertiary/aromatic N) is 3. The van der Waals surface area contributed by atoms with Crippen molar-refractivity contribution in [2.75, 3.05) is 54.7 Å². The number of halogens is 1. The Labute approximate surface area is 188 Å². The molecule has 2 aromatic carbocycles. The van der Waals surface area contributed by atoms with Crippen LogP contribution in [0.1, 0.15) is 35.3 Å². The minimum absolute atomic E-state index is 0.120. The molecule has 2 fully saturated rings. The van der Waals surface area contributed by atoms with Crippen molar-refractivity contribution in [3.05, 3.63) is 59.4 Å². The van der Waals surface area contributed by atoms with Gasteiger partial charge in [0.2, 0.25) is 10.0 Å². The van der Waals surface area contributed by atoms with E-state index in [4.69, 9.17) is 0 Å². The minimum Gasteiger partial charge on any atom is -0.369 e. The molecule has 1 atom stereocenters. The van der Waals surface area contributed by atoms with E-state index < -0.39 is 16.1 Å². The largest absolute Gasteiger partial charge is 0.369 e. The number of benzene rings is 2. The first kappa shape index (κ1) is 22.5. The lowest BCUT2D eigenvalue weighted by atomic mass is 10.0. The molecule has 2 saturated heterocycles. The van der Waals surface area contributed by atoms with Gasteiger partial charge in [-0.3, -0.25) is 9.10 Å². The number of amides is 1. The van der Waals surface area contributed by atoms with Crippen LogP contribution in [0.5, 0.6) is 0 Å². The van der Waals surface area contributed by atoms with Crippen molar-refractivity contribution >= 4 is 27.3 Å². The lowest BCUT2D eigenvalue weighted by Gasteiger charge is -2.36.